The molecule has 0 bridgehead atoms. The number of aliphatic hydroxyl groups excluding tert-OH is 1. The Morgan fingerprint density at radius 1 is 1.33 bits per heavy atom. The lowest BCUT2D eigenvalue weighted by molar-refractivity contribution is 0.134. The Morgan fingerprint density at radius 3 is 2.47 bits per heavy atom. The van der Waals surface area contributed by atoms with Gasteiger partial charge in [0.15, 0.2) is 0 Å². The van der Waals surface area contributed by atoms with Gasteiger partial charge >= 0.3 is 0 Å². The highest BCUT2D eigenvalue weighted by atomic mass is 79.9. The summed E-state index contributed by atoms with van der Waals surface area (Å²) >= 11 is 3.45. The average Bonchev–Trinajstić information content (AvgIpc) is 2.25. The summed E-state index contributed by atoms with van der Waals surface area (Å²) in [5.74, 6) is 0. The quantitative estimate of drug-likeness (QED) is 0.891. The standard InChI is InChI=1S/C12H18BrNO/c1-3-14(4-2)12(9-15)10-6-5-7-11(13)8-10/h5-8,12,15H,3-4,9H2,1-2H3. The molecule has 1 N–H and O–H groups in total. The van der Waals surface area contributed by atoms with Gasteiger partial charge in [-0.1, -0.05) is 41.9 Å². The molecule has 0 heterocycles. The summed E-state index contributed by atoms with van der Waals surface area (Å²) in [4.78, 5) is 2.25. The Bertz CT molecular complexity index is 299. The molecule has 3 heteroatoms. The van der Waals surface area contributed by atoms with Gasteiger partial charge in [0.2, 0.25) is 0 Å². The zero-order valence-corrected chi connectivity index (χ0v) is 10.9. The number of aliphatic hydroxyl groups is 1. The summed E-state index contributed by atoms with van der Waals surface area (Å²) in [5.41, 5.74) is 1.16. The van der Waals surface area contributed by atoms with Crippen LogP contribution in [0.5, 0.6) is 0 Å². The molecule has 0 aliphatic carbocycles. The molecule has 1 rings (SSSR count). The van der Waals surface area contributed by atoms with Crippen molar-refractivity contribution in [1.29, 1.82) is 0 Å². The van der Waals surface area contributed by atoms with Gasteiger partial charge in [-0.05, 0) is 30.8 Å². The molecule has 0 aliphatic rings. The van der Waals surface area contributed by atoms with E-state index in [9.17, 15) is 5.11 Å². The van der Waals surface area contributed by atoms with Crippen molar-refractivity contribution in [1.82, 2.24) is 4.90 Å². The Hall–Kier alpha value is -0.380. The van der Waals surface area contributed by atoms with E-state index >= 15 is 0 Å². The van der Waals surface area contributed by atoms with Gasteiger partial charge in [-0.25, -0.2) is 0 Å². The van der Waals surface area contributed by atoms with E-state index in [1.807, 2.05) is 12.1 Å². The van der Waals surface area contributed by atoms with Crippen molar-refractivity contribution >= 4 is 15.9 Å². The molecule has 0 saturated carbocycles. The molecule has 1 aromatic rings. The predicted octanol–water partition coefficient (Wildman–Crippen LogP) is 2.82. The molecular formula is C12H18BrNO. The highest BCUT2D eigenvalue weighted by Gasteiger charge is 2.16. The number of likely N-dealkylation sites (N-methyl/N-ethyl adjacent to an activating group) is 1. The highest BCUT2D eigenvalue weighted by molar-refractivity contribution is 9.10. The second-order valence-electron chi connectivity index (χ2n) is 3.47. The summed E-state index contributed by atoms with van der Waals surface area (Å²) in [5, 5.41) is 9.45. The Labute approximate surface area is 100 Å². The van der Waals surface area contributed by atoms with Crippen LogP contribution in [0.25, 0.3) is 0 Å². The van der Waals surface area contributed by atoms with Crippen molar-refractivity contribution < 1.29 is 5.11 Å². The van der Waals surface area contributed by atoms with Crippen molar-refractivity contribution in [3.05, 3.63) is 34.3 Å². The molecule has 0 spiro atoms. The molecule has 1 atom stereocenters. The molecule has 0 aromatic heterocycles. The van der Waals surface area contributed by atoms with Crippen molar-refractivity contribution in [2.75, 3.05) is 19.7 Å². The molecular weight excluding hydrogens is 254 g/mol. The van der Waals surface area contributed by atoms with Crippen LogP contribution in [-0.2, 0) is 0 Å². The van der Waals surface area contributed by atoms with Gasteiger partial charge in [0.25, 0.3) is 0 Å². The smallest absolute Gasteiger partial charge is 0.0628 e. The first-order valence-corrected chi connectivity index (χ1v) is 6.12. The third-order valence-corrected chi connectivity index (χ3v) is 3.15. The van der Waals surface area contributed by atoms with Gasteiger partial charge in [-0.2, -0.15) is 0 Å². The van der Waals surface area contributed by atoms with E-state index in [0.717, 1.165) is 23.1 Å². The van der Waals surface area contributed by atoms with Gasteiger partial charge in [-0.15, -0.1) is 0 Å². The summed E-state index contributed by atoms with van der Waals surface area (Å²) < 4.78 is 1.06. The van der Waals surface area contributed by atoms with Crippen LogP contribution in [0.4, 0.5) is 0 Å². The second kappa shape index (κ2) is 6.26. The summed E-state index contributed by atoms with van der Waals surface area (Å²) in [6, 6.07) is 8.24. The minimum atomic E-state index is 0.109. The number of rotatable bonds is 5. The van der Waals surface area contributed by atoms with Gasteiger partial charge < -0.3 is 5.11 Å². The third kappa shape index (κ3) is 3.30. The Kier molecular flexibility index (Phi) is 5.29. The first-order valence-electron chi connectivity index (χ1n) is 5.33. The fourth-order valence-electron chi connectivity index (χ4n) is 1.81. The maximum Gasteiger partial charge on any atom is 0.0628 e. The lowest BCUT2D eigenvalue weighted by Gasteiger charge is -2.28. The van der Waals surface area contributed by atoms with Crippen LogP contribution in [-0.4, -0.2) is 29.7 Å². The predicted molar refractivity (Wildman–Crippen MR) is 66.9 cm³/mol. The zero-order chi connectivity index (χ0) is 11.3. The summed E-state index contributed by atoms with van der Waals surface area (Å²) in [6.45, 7) is 6.30. The first kappa shape index (κ1) is 12.7. The number of benzene rings is 1. The van der Waals surface area contributed by atoms with Crippen LogP contribution < -0.4 is 0 Å². The number of nitrogens with zero attached hydrogens (tertiary/aromatic N) is 1. The van der Waals surface area contributed by atoms with Crippen molar-refractivity contribution in [2.24, 2.45) is 0 Å². The molecule has 15 heavy (non-hydrogen) atoms. The molecule has 0 fully saturated rings. The third-order valence-electron chi connectivity index (χ3n) is 2.66. The molecule has 84 valence electrons. The first-order chi connectivity index (χ1) is 7.22. The van der Waals surface area contributed by atoms with E-state index in [1.165, 1.54) is 0 Å². The molecule has 0 saturated heterocycles. The molecule has 1 aromatic carbocycles. The van der Waals surface area contributed by atoms with Gasteiger partial charge in [-0.3, -0.25) is 4.90 Å². The fourth-order valence-corrected chi connectivity index (χ4v) is 2.23. The average molecular weight is 272 g/mol. The second-order valence-corrected chi connectivity index (χ2v) is 4.39. The van der Waals surface area contributed by atoms with Crippen LogP contribution >= 0.6 is 15.9 Å². The summed E-state index contributed by atoms with van der Waals surface area (Å²) in [6.07, 6.45) is 0. The van der Waals surface area contributed by atoms with Crippen molar-refractivity contribution in [3.8, 4) is 0 Å². The maximum atomic E-state index is 9.45. The minimum absolute atomic E-state index is 0.109. The lowest BCUT2D eigenvalue weighted by atomic mass is 10.1. The monoisotopic (exact) mass is 271 g/mol. The minimum Gasteiger partial charge on any atom is -0.394 e. The van der Waals surface area contributed by atoms with E-state index in [-0.39, 0.29) is 12.6 Å². The molecule has 0 amide bonds. The van der Waals surface area contributed by atoms with Crippen LogP contribution in [0.2, 0.25) is 0 Å². The highest BCUT2D eigenvalue weighted by Crippen LogP contribution is 2.22. The van der Waals surface area contributed by atoms with E-state index in [2.05, 4.69) is 46.8 Å². The molecule has 2 nitrogen and oxygen atoms in total. The number of halogens is 1. The topological polar surface area (TPSA) is 23.5 Å². The van der Waals surface area contributed by atoms with E-state index in [0.29, 0.717) is 0 Å². The zero-order valence-electron chi connectivity index (χ0n) is 9.28. The normalized spacial score (nSPS) is 13.1. The van der Waals surface area contributed by atoms with Gasteiger partial charge in [0.1, 0.15) is 0 Å². The maximum absolute atomic E-state index is 9.45. The van der Waals surface area contributed by atoms with Gasteiger partial charge in [0, 0.05) is 4.47 Å². The van der Waals surface area contributed by atoms with Crippen LogP contribution in [0.1, 0.15) is 25.5 Å². The van der Waals surface area contributed by atoms with E-state index in [4.69, 9.17) is 0 Å². The lowest BCUT2D eigenvalue weighted by Crippen LogP contribution is -2.30. The largest absolute Gasteiger partial charge is 0.394 e. The van der Waals surface area contributed by atoms with Crippen LogP contribution in [0, 0.1) is 0 Å². The fraction of sp³-hybridized carbons (Fsp3) is 0.500. The Morgan fingerprint density at radius 2 is 2.00 bits per heavy atom. The van der Waals surface area contributed by atoms with Crippen LogP contribution in [0.15, 0.2) is 28.7 Å². The Balaban J connectivity index is 2.90. The molecule has 0 aliphatic heterocycles. The van der Waals surface area contributed by atoms with Gasteiger partial charge in [0.05, 0.1) is 12.6 Å². The molecule has 0 radical (unpaired) electrons. The van der Waals surface area contributed by atoms with Crippen molar-refractivity contribution in [3.63, 3.8) is 0 Å². The summed E-state index contributed by atoms with van der Waals surface area (Å²) in [7, 11) is 0. The van der Waals surface area contributed by atoms with Crippen molar-refractivity contribution in [2.45, 2.75) is 19.9 Å². The van der Waals surface area contributed by atoms with E-state index < -0.39 is 0 Å². The number of hydrogen-bond acceptors (Lipinski definition) is 2. The number of hydrogen-bond donors (Lipinski definition) is 1. The SMILES string of the molecule is CCN(CC)C(CO)c1cccc(Br)c1. The molecule has 1 unspecified atom stereocenters. The van der Waals surface area contributed by atoms with Crippen LogP contribution in [0.3, 0.4) is 0 Å². The van der Waals surface area contributed by atoms with E-state index in [1.54, 1.807) is 0 Å².